The fourth-order valence-electron chi connectivity index (χ4n) is 2.78. The highest BCUT2D eigenvalue weighted by atomic mass is 32.2. The molecule has 2 heterocycles. The van der Waals surface area contributed by atoms with Crippen LogP contribution in [0.1, 0.15) is 24.8 Å². The summed E-state index contributed by atoms with van der Waals surface area (Å²) in [6.45, 7) is 2.92. The molecule has 0 spiro atoms. The minimum absolute atomic E-state index is 0.209. The summed E-state index contributed by atoms with van der Waals surface area (Å²) in [5.41, 5.74) is 0.952. The highest BCUT2D eigenvalue weighted by molar-refractivity contribution is 7.89. The van der Waals surface area contributed by atoms with E-state index in [1.807, 2.05) is 0 Å². The normalized spacial score (nSPS) is 20.4. The number of benzene rings is 1. The Morgan fingerprint density at radius 3 is 3.04 bits per heavy atom. The maximum Gasteiger partial charge on any atom is 0.240 e. The van der Waals surface area contributed by atoms with Crippen LogP contribution in [-0.2, 0) is 25.9 Å². The Morgan fingerprint density at radius 2 is 2.22 bits per heavy atom. The van der Waals surface area contributed by atoms with Crippen LogP contribution >= 0.6 is 0 Å². The molecule has 0 aromatic heterocycles. The predicted molar refractivity (Wildman–Crippen MR) is 85.2 cm³/mol. The van der Waals surface area contributed by atoms with Gasteiger partial charge >= 0.3 is 0 Å². The van der Waals surface area contributed by atoms with Gasteiger partial charge in [0.15, 0.2) is 0 Å². The van der Waals surface area contributed by atoms with E-state index in [1.54, 1.807) is 18.2 Å². The number of hydrogen-bond acceptors (Lipinski definition) is 5. The molecule has 0 bridgehead atoms. The van der Waals surface area contributed by atoms with E-state index in [1.165, 1.54) is 0 Å². The molecule has 1 fully saturated rings. The predicted octanol–water partition coefficient (Wildman–Crippen LogP) is 1.49. The summed E-state index contributed by atoms with van der Waals surface area (Å²) in [5.74, 6) is 0.784. The van der Waals surface area contributed by atoms with Gasteiger partial charge in [-0.3, -0.25) is 0 Å². The van der Waals surface area contributed by atoms with Crippen molar-refractivity contribution in [2.75, 3.05) is 33.0 Å². The number of fused-ring (bicyclic) bond motifs is 1. The second kappa shape index (κ2) is 7.61. The van der Waals surface area contributed by atoms with E-state index in [9.17, 15) is 8.42 Å². The van der Waals surface area contributed by atoms with Crippen LogP contribution in [0.2, 0.25) is 0 Å². The van der Waals surface area contributed by atoms with Gasteiger partial charge in [0.1, 0.15) is 5.75 Å². The van der Waals surface area contributed by atoms with Crippen molar-refractivity contribution >= 4 is 10.0 Å². The van der Waals surface area contributed by atoms with Crippen molar-refractivity contribution in [3.8, 4) is 5.75 Å². The second-order valence-electron chi connectivity index (χ2n) is 5.83. The first-order chi connectivity index (χ1) is 11.1. The highest BCUT2D eigenvalue weighted by Crippen LogP contribution is 2.27. The molecule has 1 N–H and O–H groups in total. The van der Waals surface area contributed by atoms with Gasteiger partial charge in [-0.2, -0.15) is 0 Å². The Morgan fingerprint density at radius 1 is 1.30 bits per heavy atom. The summed E-state index contributed by atoms with van der Waals surface area (Å²) in [6.07, 6.45) is 3.75. The van der Waals surface area contributed by atoms with Gasteiger partial charge in [-0.15, -0.1) is 0 Å². The molecule has 0 unspecified atom stereocenters. The fraction of sp³-hybridized carbons (Fsp3) is 0.625. The minimum Gasteiger partial charge on any atom is -0.493 e. The lowest BCUT2D eigenvalue weighted by Gasteiger charge is -2.11. The first kappa shape index (κ1) is 16.7. The third-order valence-corrected chi connectivity index (χ3v) is 5.52. The third kappa shape index (κ3) is 4.44. The summed E-state index contributed by atoms with van der Waals surface area (Å²) in [5, 5.41) is 0. The zero-order valence-corrected chi connectivity index (χ0v) is 13.9. The summed E-state index contributed by atoms with van der Waals surface area (Å²) in [6, 6.07) is 5.00. The second-order valence-corrected chi connectivity index (χ2v) is 7.60. The molecule has 6 nitrogen and oxygen atoms in total. The maximum absolute atomic E-state index is 12.3. The van der Waals surface area contributed by atoms with Crippen molar-refractivity contribution in [2.45, 2.75) is 36.7 Å². The molecular weight excluding hydrogens is 318 g/mol. The van der Waals surface area contributed by atoms with Crippen LogP contribution in [0.3, 0.4) is 0 Å². The Hall–Kier alpha value is -1.15. The average molecular weight is 341 g/mol. The van der Waals surface area contributed by atoms with Gasteiger partial charge in [-0.25, -0.2) is 13.1 Å². The van der Waals surface area contributed by atoms with Crippen LogP contribution in [0, 0.1) is 0 Å². The van der Waals surface area contributed by atoms with Gasteiger partial charge in [-0.05, 0) is 43.0 Å². The molecule has 1 saturated heterocycles. The number of nitrogens with one attached hydrogen (secondary N) is 1. The first-order valence-corrected chi connectivity index (χ1v) is 9.58. The van der Waals surface area contributed by atoms with Crippen LogP contribution in [0.25, 0.3) is 0 Å². The van der Waals surface area contributed by atoms with Gasteiger partial charge in [-0.1, -0.05) is 0 Å². The first-order valence-electron chi connectivity index (χ1n) is 8.10. The smallest absolute Gasteiger partial charge is 0.240 e. The van der Waals surface area contributed by atoms with Crippen molar-refractivity contribution in [2.24, 2.45) is 0 Å². The van der Waals surface area contributed by atoms with E-state index in [2.05, 4.69) is 4.72 Å². The highest BCUT2D eigenvalue weighted by Gasteiger charge is 2.19. The van der Waals surface area contributed by atoms with Crippen molar-refractivity contribution < 1.29 is 22.6 Å². The van der Waals surface area contributed by atoms with Crippen LogP contribution in [0.15, 0.2) is 23.1 Å². The van der Waals surface area contributed by atoms with E-state index in [0.29, 0.717) is 37.7 Å². The molecule has 2 aliphatic heterocycles. The Labute approximate surface area is 137 Å². The van der Waals surface area contributed by atoms with Crippen molar-refractivity contribution in [1.82, 2.24) is 4.72 Å². The van der Waals surface area contributed by atoms with Crippen LogP contribution in [0.4, 0.5) is 0 Å². The van der Waals surface area contributed by atoms with Gasteiger partial charge in [0, 0.05) is 26.2 Å². The largest absolute Gasteiger partial charge is 0.493 e. The fourth-order valence-corrected chi connectivity index (χ4v) is 3.91. The monoisotopic (exact) mass is 341 g/mol. The average Bonchev–Trinajstić information content (AvgIpc) is 3.21. The lowest BCUT2D eigenvalue weighted by Crippen LogP contribution is -2.26. The topological polar surface area (TPSA) is 73.9 Å². The quantitative estimate of drug-likeness (QED) is 0.725. The van der Waals surface area contributed by atoms with Crippen molar-refractivity contribution in [3.63, 3.8) is 0 Å². The maximum atomic E-state index is 12.3. The van der Waals surface area contributed by atoms with E-state index in [0.717, 1.165) is 37.2 Å². The Kier molecular flexibility index (Phi) is 5.53. The summed E-state index contributed by atoms with van der Waals surface area (Å²) in [7, 11) is -3.47. The molecule has 23 heavy (non-hydrogen) atoms. The molecule has 0 saturated carbocycles. The summed E-state index contributed by atoms with van der Waals surface area (Å²) < 4.78 is 43.5. The number of ether oxygens (including phenoxy) is 3. The van der Waals surface area contributed by atoms with E-state index in [4.69, 9.17) is 14.2 Å². The molecule has 3 rings (SSSR count). The summed E-state index contributed by atoms with van der Waals surface area (Å²) >= 11 is 0. The zero-order chi connectivity index (χ0) is 16.1. The molecule has 7 heteroatoms. The lowest BCUT2D eigenvalue weighted by molar-refractivity contribution is 0.0169. The van der Waals surface area contributed by atoms with E-state index >= 15 is 0 Å². The van der Waals surface area contributed by atoms with Crippen LogP contribution in [-0.4, -0.2) is 47.5 Å². The van der Waals surface area contributed by atoms with Gasteiger partial charge in [0.25, 0.3) is 0 Å². The molecule has 1 aromatic carbocycles. The van der Waals surface area contributed by atoms with Crippen LogP contribution < -0.4 is 9.46 Å². The summed E-state index contributed by atoms with van der Waals surface area (Å²) in [4.78, 5) is 0.294. The standard InChI is InChI=1S/C16H23NO5S/c18-23(19,15-4-5-16-13(11-15)6-10-22-16)17-7-2-8-20-12-14-3-1-9-21-14/h4-5,11,14,17H,1-3,6-10,12H2/t14-/m0/s1. The molecule has 0 radical (unpaired) electrons. The molecule has 2 aliphatic rings. The van der Waals surface area contributed by atoms with E-state index < -0.39 is 10.0 Å². The SMILES string of the molecule is O=S(=O)(NCCCOC[C@@H]1CCCO1)c1ccc2c(c1)CCO2. The Balaban J connectivity index is 1.40. The molecule has 128 valence electrons. The third-order valence-electron chi connectivity index (χ3n) is 4.06. The lowest BCUT2D eigenvalue weighted by atomic mass is 10.2. The minimum atomic E-state index is -3.47. The molecular formula is C16H23NO5S. The van der Waals surface area contributed by atoms with Crippen molar-refractivity contribution in [3.05, 3.63) is 23.8 Å². The van der Waals surface area contributed by atoms with Gasteiger partial charge in [0.2, 0.25) is 10.0 Å². The zero-order valence-electron chi connectivity index (χ0n) is 13.1. The van der Waals surface area contributed by atoms with Gasteiger partial charge < -0.3 is 14.2 Å². The van der Waals surface area contributed by atoms with E-state index in [-0.39, 0.29) is 6.10 Å². The molecule has 1 atom stereocenters. The number of rotatable bonds is 8. The van der Waals surface area contributed by atoms with Gasteiger partial charge in [0.05, 0.1) is 24.2 Å². The number of hydrogen-bond donors (Lipinski definition) is 1. The van der Waals surface area contributed by atoms with Crippen LogP contribution in [0.5, 0.6) is 5.75 Å². The molecule has 0 aliphatic carbocycles. The number of sulfonamides is 1. The van der Waals surface area contributed by atoms with Crippen molar-refractivity contribution in [1.29, 1.82) is 0 Å². The Bertz CT molecular complexity index is 625. The molecule has 0 amide bonds. The molecule has 1 aromatic rings.